The van der Waals surface area contributed by atoms with Crippen LogP contribution in [0.3, 0.4) is 0 Å². The van der Waals surface area contributed by atoms with E-state index in [2.05, 4.69) is 10.2 Å². The summed E-state index contributed by atoms with van der Waals surface area (Å²) >= 11 is 7.80. The second-order valence-corrected chi connectivity index (χ2v) is 9.30. The van der Waals surface area contributed by atoms with Crippen LogP contribution in [0, 0.1) is 0 Å². The van der Waals surface area contributed by atoms with Crippen LogP contribution in [-0.2, 0) is 9.59 Å². The minimum atomic E-state index is -0.0620. The van der Waals surface area contributed by atoms with Gasteiger partial charge in [0, 0.05) is 24.0 Å². The zero-order chi connectivity index (χ0) is 19.7. The summed E-state index contributed by atoms with van der Waals surface area (Å²) in [5.74, 6) is 0.372. The van der Waals surface area contributed by atoms with Crippen molar-refractivity contribution in [2.45, 2.75) is 37.6 Å². The van der Waals surface area contributed by atoms with Crippen molar-refractivity contribution >= 4 is 45.0 Å². The van der Waals surface area contributed by atoms with Crippen LogP contribution in [0.25, 0.3) is 10.2 Å². The number of fused-ring (bicyclic) bond motifs is 1. The zero-order valence-corrected chi connectivity index (χ0v) is 17.6. The van der Waals surface area contributed by atoms with Gasteiger partial charge in [-0.1, -0.05) is 11.6 Å². The van der Waals surface area contributed by atoms with Gasteiger partial charge in [-0.05, 0) is 57.0 Å². The zero-order valence-electron chi connectivity index (χ0n) is 16.0. The first-order chi connectivity index (χ1) is 13.5. The van der Waals surface area contributed by atoms with Crippen LogP contribution in [0.2, 0.25) is 5.02 Å². The molecule has 2 aromatic rings. The van der Waals surface area contributed by atoms with Crippen LogP contribution in [0.4, 0.5) is 0 Å². The number of carbonyl (C=O) groups is 2. The van der Waals surface area contributed by atoms with Crippen molar-refractivity contribution in [1.82, 2.24) is 20.1 Å². The van der Waals surface area contributed by atoms with Gasteiger partial charge in [-0.2, -0.15) is 0 Å². The van der Waals surface area contributed by atoms with E-state index in [0.717, 1.165) is 49.3 Å². The molecule has 150 valence electrons. The molecule has 0 spiro atoms. The third-order valence-corrected chi connectivity index (χ3v) is 6.84. The van der Waals surface area contributed by atoms with Gasteiger partial charge in [0.15, 0.2) is 0 Å². The van der Waals surface area contributed by atoms with Gasteiger partial charge >= 0.3 is 0 Å². The minimum Gasteiger partial charge on any atom is -0.352 e. The fraction of sp³-hybridized carbons (Fsp3) is 0.550. The van der Waals surface area contributed by atoms with E-state index in [1.165, 1.54) is 9.60 Å². The molecule has 1 aliphatic heterocycles. The van der Waals surface area contributed by atoms with Crippen LogP contribution in [0.5, 0.6) is 0 Å². The first kappa shape index (κ1) is 19.6. The Balaban J connectivity index is 1.26. The molecular weight excluding hydrogens is 396 g/mol. The van der Waals surface area contributed by atoms with Crippen molar-refractivity contribution in [1.29, 1.82) is 0 Å². The predicted molar refractivity (Wildman–Crippen MR) is 112 cm³/mol. The molecule has 0 atom stereocenters. The summed E-state index contributed by atoms with van der Waals surface area (Å²) in [6.07, 6.45) is 4.10. The van der Waals surface area contributed by atoms with Crippen LogP contribution < -0.4 is 5.32 Å². The molecule has 2 fully saturated rings. The molecule has 1 aromatic heterocycles. The Morgan fingerprint density at radius 1 is 1.29 bits per heavy atom. The lowest BCUT2D eigenvalue weighted by Gasteiger charge is -2.31. The van der Waals surface area contributed by atoms with Gasteiger partial charge in [0.2, 0.25) is 11.8 Å². The maximum atomic E-state index is 12.4. The van der Waals surface area contributed by atoms with Crippen molar-refractivity contribution in [3.05, 3.63) is 28.2 Å². The fourth-order valence-corrected chi connectivity index (χ4v) is 4.83. The molecule has 4 rings (SSSR count). The third kappa shape index (κ3) is 4.82. The van der Waals surface area contributed by atoms with E-state index >= 15 is 0 Å². The lowest BCUT2D eigenvalue weighted by molar-refractivity contribution is -0.135. The van der Waals surface area contributed by atoms with Gasteiger partial charge in [0.25, 0.3) is 0 Å². The number of piperidine rings is 1. The monoisotopic (exact) mass is 420 g/mol. The maximum Gasteiger partial charge on any atom is 0.239 e. The third-order valence-electron chi connectivity index (χ3n) is 5.41. The number of hydrogen-bond acceptors (Lipinski definition) is 5. The summed E-state index contributed by atoms with van der Waals surface area (Å²) in [7, 11) is 1.70. The van der Waals surface area contributed by atoms with Gasteiger partial charge in [-0.3, -0.25) is 14.5 Å². The highest BCUT2D eigenvalue weighted by Gasteiger charge is 2.27. The second kappa shape index (κ2) is 8.35. The van der Waals surface area contributed by atoms with Gasteiger partial charge < -0.3 is 10.2 Å². The van der Waals surface area contributed by atoms with Crippen molar-refractivity contribution in [2.75, 3.05) is 33.2 Å². The Labute approximate surface area is 173 Å². The molecule has 2 amide bonds. The number of nitrogens with one attached hydrogen (secondary N) is 1. The topological polar surface area (TPSA) is 65.5 Å². The van der Waals surface area contributed by atoms with Crippen LogP contribution in [-0.4, -0.2) is 65.9 Å². The minimum absolute atomic E-state index is 0.000902. The maximum absolute atomic E-state index is 12.4. The molecule has 1 N–H and O–H groups in total. The summed E-state index contributed by atoms with van der Waals surface area (Å²) in [5.41, 5.74) is 0.969. The number of amides is 2. The highest BCUT2D eigenvalue weighted by atomic mass is 35.5. The highest BCUT2D eigenvalue weighted by Crippen LogP contribution is 2.34. The summed E-state index contributed by atoms with van der Waals surface area (Å²) in [6, 6.07) is 6.18. The number of aromatic nitrogens is 1. The molecule has 0 radical (unpaired) electrons. The SMILES string of the molecule is CN(CC(=O)NC1CC1)C(=O)CN1CCC(c2nc3cc(Cl)ccc3s2)CC1. The number of rotatable bonds is 6. The van der Waals surface area contributed by atoms with Crippen molar-refractivity contribution in [3.8, 4) is 0 Å². The standard InChI is InChI=1S/C20H25ClN4O2S/c1-24(11-18(26)22-15-3-4-15)19(27)12-25-8-6-13(7-9-25)20-23-16-10-14(21)2-5-17(16)28-20/h2,5,10,13,15H,3-4,6-9,11-12H2,1H3,(H,22,26). The summed E-state index contributed by atoms with van der Waals surface area (Å²) < 4.78 is 1.17. The van der Waals surface area contributed by atoms with E-state index in [9.17, 15) is 9.59 Å². The number of hydrogen-bond donors (Lipinski definition) is 1. The summed E-state index contributed by atoms with van der Waals surface area (Å²) in [4.78, 5) is 32.8. The van der Waals surface area contributed by atoms with Gasteiger partial charge in [0.1, 0.15) is 0 Å². The van der Waals surface area contributed by atoms with Crippen molar-refractivity contribution in [2.24, 2.45) is 0 Å². The second-order valence-electron chi connectivity index (χ2n) is 7.81. The average molecular weight is 421 g/mol. The summed E-state index contributed by atoms with van der Waals surface area (Å²) in [6.45, 7) is 2.25. The molecule has 6 nitrogen and oxygen atoms in total. The lowest BCUT2D eigenvalue weighted by Crippen LogP contribution is -2.45. The average Bonchev–Trinajstić information content (AvgIpc) is 3.37. The van der Waals surface area contributed by atoms with E-state index in [0.29, 0.717) is 23.5 Å². The Hall–Kier alpha value is -1.70. The van der Waals surface area contributed by atoms with E-state index in [1.54, 1.807) is 18.4 Å². The number of halogens is 1. The number of thiazole rings is 1. The van der Waals surface area contributed by atoms with Crippen molar-refractivity contribution < 1.29 is 9.59 Å². The molecule has 0 unspecified atom stereocenters. The molecule has 2 heterocycles. The van der Waals surface area contributed by atoms with E-state index in [1.807, 2.05) is 18.2 Å². The fourth-order valence-electron chi connectivity index (χ4n) is 3.55. The predicted octanol–water partition coefficient (Wildman–Crippen LogP) is 2.87. The van der Waals surface area contributed by atoms with Gasteiger partial charge in [-0.15, -0.1) is 11.3 Å². The molecule has 1 aromatic carbocycles. The Morgan fingerprint density at radius 2 is 2.04 bits per heavy atom. The molecule has 1 saturated carbocycles. The Bertz CT molecular complexity index is 874. The molecule has 8 heteroatoms. The van der Waals surface area contributed by atoms with E-state index in [-0.39, 0.29) is 18.4 Å². The smallest absolute Gasteiger partial charge is 0.239 e. The first-order valence-corrected chi connectivity index (χ1v) is 11.0. The Kier molecular flexibility index (Phi) is 5.85. The molecular formula is C20H25ClN4O2S. The van der Waals surface area contributed by atoms with Crippen molar-refractivity contribution in [3.63, 3.8) is 0 Å². The van der Waals surface area contributed by atoms with Crippen LogP contribution in [0.1, 0.15) is 36.6 Å². The molecule has 2 aliphatic rings. The van der Waals surface area contributed by atoms with Gasteiger partial charge in [0.05, 0.1) is 28.3 Å². The molecule has 1 saturated heterocycles. The molecule has 28 heavy (non-hydrogen) atoms. The van der Waals surface area contributed by atoms with Gasteiger partial charge in [-0.25, -0.2) is 4.98 Å². The number of benzene rings is 1. The van der Waals surface area contributed by atoms with Crippen LogP contribution in [0.15, 0.2) is 18.2 Å². The lowest BCUT2D eigenvalue weighted by atomic mass is 9.97. The van der Waals surface area contributed by atoms with E-state index in [4.69, 9.17) is 16.6 Å². The molecule has 1 aliphatic carbocycles. The summed E-state index contributed by atoms with van der Waals surface area (Å²) in [5, 5.41) is 4.80. The number of nitrogens with zero attached hydrogens (tertiary/aromatic N) is 3. The highest BCUT2D eigenvalue weighted by molar-refractivity contribution is 7.18. The number of likely N-dealkylation sites (tertiary alicyclic amines) is 1. The normalized spacial score (nSPS) is 18.4. The Morgan fingerprint density at radius 3 is 2.75 bits per heavy atom. The largest absolute Gasteiger partial charge is 0.352 e. The molecule has 0 bridgehead atoms. The number of likely N-dealkylation sites (N-methyl/N-ethyl adjacent to an activating group) is 1. The quantitative estimate of drug-likeness (QED) is 0.780. The number of carbonyl (C=O) groups excluding carboxylic acids is 2. The van der Waals surface area contributed by atoms with E-state index < -0.39 is 0 Å². The van der Waals surface area contributed by atoms with Crippen LogP contribution >= 0.6 is 22.9 Å². The first-order valence-electron chi connectivity index (χ1n) is 9.79.